The lowest BCUT2D eigenvalue weighted by molar-refractivity contribution is 0.313. The Bertz CT molecular complexity index is 1270. The zero-order chi connectivity index (χ0) is 21.5. The highest BCUT2D eigenvalue weighted by atomic mass is 16.5. The van der Waals surface area contributed by atoms with Crippen LogP contribution in [0, 0.1) is 0 Å². The molecule has 0 bridgehead atoms. The van der Waals surface area contributed by atoms with Gasteiger partial charge in [-0.05, 0) is 66.2 Å². The number of fused-ring (bicyclic) bond motifs is 2. The van der Waals surface area contributed by atoms with Crippen LogP contribution in [0.1, 0.15) is 5.56 Å². The Hall–Kier alpha value is -3.51. The number of nitrogens with zero attached hydrogens (tertiary/aromatic N) is 3. The van der Waals surface area contributed by atoms with Crippen LogP contribution < -0.4 is 15.0 Å². The lowest BCUT2D eigenvalue weighted by Crippen LogP contribution is -2.44. The number of piperazine rings is 1. The van der Waals surface area contributed by atoms with Crippen LogP contribution in [0.2, 0.25) is 0 Å². The van der Waals surface area contributed by atoms with Gasteiger partial charge in [0.15, 0.2) is 5.82 Å². The largest absolute Gasteiger partial charge is 0.493 e. The van der Waals surface area contributed by atoms with Crippen molar-refractivity contribution >= 4 is 28.1 Å². The number of benzene rings is 3. The van der Waals surface area contributed by atoms with Crippen molar-refractivity contribution in [3.05, 3.63) is 66.2 Å². The minimum atomic E-state index is 0.781. The molecule has 2 aliphatic heterocycles. The smallest absolute Gasteiger partial charge is 0.160 e. The van der Waals surface area contributed by atoms with Gasteiger partial charge >= 0.3 is 0 Å². The highest BCUT2D eigenvalue weighted by Crippen LogP contribution is 2.33. The van der Waals surface area contributed by atoms with Gasteiger partial charge in [-0.2, -0.15) is 5.10 Å². The molecule has 6 nitrogen and oxygen atoms in total. The zero-order valence-corrected chi connectivity index (χ0v) is 18.3. The number of anilines is 3. The fourth-order valence-corrected chi connectivity index (χ4v) is 4.64. The lowest BCUT2D eigenvalue weighted by Gasteiger charge is -2.34. The van der Waals surface area contributed by atoms with Crippen molar-refractivity contribution in [2.24, 2.45) is 0 Å². The minimum Gasteiger partial charge on any atom is -0.493 e. The molecule has 0 saturated carbocycles. The van der Waals surface area contributed by atoms with Gasteiger partial charge in [0, 0.05) is 49.4 Å². The molecule has 0 aliphatic carbocycles. The Kier molecular flexibility index (Phi) is 4.72. The van der Waals surface area contributed by atoms with Gasteiger partial charge in [0.2, 0.25) is 0 Å². The van der Waals surface area contributed by atoms with E-state index in [0.29, 0.717) is 0 Å². The number of hydrogen-bond acceptors (Lipinski definition) is 5. The molecule has 4 aromatic rings. The van der Waals surface area contributed by atoms with Crippen LogP contribution in [0.25, 0.3) is 22.0 Å². The second kappa shape index (κ2) is 7.88. The van der Waals surface area contributed by atoms with Crippen molar-refractivity contribution in [1.82, 2.24) is 15.1 Å². The predicted molar refractivity (Wildman–Crippen MR) is 130 cm³/mol. The standard InChI is InChI=1S/C26H27N5O/c1-30-10-12-31(13-11-30)22-4-2-3-21(17-22)27-26-23-7-5-19(16-24(23)28-29-26)18-6-8-25-20(15-18)9-14-32-25/h2-8,15-17H,9-14H2,1H3,(H2,27,28,29). The topological polar surface area (TPSA) is 56.4 Å². The molecule has 1 fully saturated rings. The number of H-pyrrole nitrogens is 1. The molecule has 0 spiro atoms. The van der Waals surface area contributed by atoms with Gasteiger partial charge in [-0.3, -0.25) is 5.10 Å². The number of rotatable bonds is 4. The number of ether oxygens (including phenoxy) is 1. The van der Waals surface area contributed by atoms with E-state index in [0.717, 1.165) is 67.4 Å². The van der Waals surface area contributed by atoms with E-state index in [4.69, 9.17) is 4.74 Å². The van der Waals surface area contributed by atoms with E-state index in [1.165, 1.54) is 22.4 Å². The molecular weight excluding hydrogens is 398 g/mol. The van der Waals surface area contributed by atoms with Gasteiger partial charge in [-0.1, -0.05) is 18.2 Å². The van der Waals surface area contributed by atoms with Crippen LogP contribution in [0.4, 0.5) is 17.2 Å². The SMILES string of the molecule is CN1CCN(c2cccc(Nc3n[nH]c4cc(-c5ccc6c(c5)CCO6)ccc34)c2)CC1. The molecule has 3 aromatic carbocycles. The molecule has 2 aliphatic rings. The molecule has 2 N–H and O–H groups in total. The summed E-state index contributed by atoms with van der Waals surface area (Å²) in [6.07, 6.45) is 0.983. The molecule has 1 aromatic heterocycles. The summed E-state index contributed by atoms with van der Waals surface area (Å²) in [5, 5.41) is 12.4. The van der Waals surface area contributed by atoms with Gasteiger partial charge in [0.05, 0.1) is 12.1 Å². The summed E-state index contributed by atoms with van der Waals surface area (Å²) in [7, 11) is 2.18. The van der Waals surface area contributed by atoms with Crippen LogP contribution in [0.15, 0.2) is 60.7 Å². The molecule has 3 heterocycles. The molecule has 6 rings (SSSR count). The van der Waals surface area contributed by atoms with Crippen molar-refractivity contribution < 1.29 is 4.74 Å². The maximum Gasteiger partial charge on any atom is 0.160 e. The fourth-order valence-electron chi connectivity index (χ4n) is 4.64. The van der Waals surface area contributed by atoms with E-state index >= 15 is 0 Å². The Balaban J connectivity index is 1.24. The molecule has 162 valence electrons. The first-order valence-corrected chi connectivity index (χ1v) is 11.3. The third kappa shape index (κ3) is 3.56. The first-order chi connectivity index (χ1) is 15.7. The van der Waals surface area contributed by atoms with Crippen molar-refractivity contribution in [1.29, 1.82) is 0 Å². The molecule has 1 saturated heterocycles. The van der Waals surface area contributed by atoms with E-state index < -0.39 is 0 Å². The first-order valence-electron chi connectivity index (χ1n) is 11.3. The van der Waals surface area contributed by atoms with Crippen molar-refractivity contribution in [3.63, 3.8) is 0 Å². The van der Waals surface area contributed by atoms with Crippen LogP contribution in [-0.4, -0.2) is 54.9 Å². The molecule has 32 heavy (non-hydrogen) atoms. The maximum absolute atomic E-state index is 5.64. The summed E-state index contributed by atoms with van der Waals surface area (Å²) in [5.74, 6) is 1.87. The van der Waals surface area contributed by atoms with Crippen LogP contribution in [0.3, 0.4) is 0 Å². The molecule has 6 heteroatoms. The molecular formula is C26H27N5O. The third-order valence-electron chi connectivity index (χ3n) is 6.56. The maximum atomic E-state index is 5.64. The second-order valence-electron chi connectivity index (χ2n) is 8.72. The number of nitrogens with one attached hydrogen (secondary N) is 2. The zero-order valence-electron chi connectivity index (χ0n) is 18.3. The summed E-state index contributed by atoms with van der Waals surface area (Å²) in [5.41, 5.74) is 7.01. The second-order valence-corrected chi connectivity index (χ2v) is 8.72. The Morgan fingerprint density at radius 2 is 1.78 bits per heavy atom. The predicted octanol–water partition coefficient (Wildman–Crippen LogP) is 4.66. The number of aromatic nitrogens is 2. The van der Waals surface area contributed by atoms with Crippen LogP contribution in [-0.2, 0) is 6.42 Å². The number of aromatic amines is 1. The fraction of sp³-hybridized carbons (Fsp3) is 0.269. The van der Waals surface area contributed by atoms with E-state index in [2.05, 4.69) is 93.0 Å². The summed E-state index contributed by atoms with van der Waals surface area (Å²) in [6, 6.07) is 21.5. The molecule has 0 radical (unpaired) electrons. The van der Waals surface area contributed by atoms with E-state index in [-0.39, 0.29) is 0 Å². The lowest BCUT2D eigenvalue weighted by atomic mass is 10.0. The Labute approximate surface area is 187 Å². The molecule has 0 unspecified atom stereocenters. The molecule has 0 amide bonds. The average Bonchev–Trinajstić information content (AvgIpc) is 3.46. The summed E-state index contributed by atoms with van der Waals surface area (Å²) in [6.45, 7) is 5.09. The van der Waals surface area contributed by atoms with Gasteiger partial charge < -0.3 is 19.9 Å². The highest BCUT2D eigenvalue weighted by Gasteiger charge is 2.16. The molecule has 0 atom stereocenters. The highest BCUT2D eigenvalue weighted by molar-refractivity contribution is 5.94. The van der Waals surface area contributed by atoms with Gasteiger partial charge in [0.1, 0.15) is 5.75 Å². The summed E-state index contributed by atoms with van der Waals surface area (Å²) in [4.78, 5) is 4.82. The third-order valence-corrected chi connectivity index (χ3v) is 6.56. The minimum absolute atomic E-state index is 0.781. The van der Waals surface area contributed by atoms with E-state index in [1.54, 1.807) is 0 Å². The number of hydrogen-bond donors (Lipinski definition) is 2. The van der Waals surface area contributed by atoms with Crippen molar-refractivity contribution in [3.8, 4) is 16.9 Å². The van der Waals surface area contributed by atoms with Crippen molar-refractivity contribution in [2.45, 2.75) is 6.42 Å². The van der Waals surface area contributed by atoms with Gasteiger partial charge in [-0.15, -0.1) is 0 Å². The van der Waals surface area contributed by atoms with Gasteiger partial charge in [0.25, 0.3) is 0 Å². The van der Waals surface area contributed by atoms with Crippen molar-refractivity contribution in [2.75, 3.05) is 50.1 Å². The van der Waals surface area contributed by atoms with Gasteiger partial charge in [-0.25, -0.2) is 0 Å². The first kappa shape index (κ1) is 19.2. The van der Waals surface area contributed by atoms with E-state index in [1.807, 2.05) is 0 Å². The summed E-state index contributed by atoms with van der Waals surface area (Å²) >= 11 is 0. The quantitative estimate of drug-likeness (QED) is 0.498. The Morgan fingerprint density at radius 1 is 0.938 bits per heavy atom. The van der Waals surface area contributed by atoms with Crippen LogP contribution in [0.5, 0.6) is 5.75 Å². The van der Waals surface area contributed by atoms with E-state index in [9.17, 15) is 0 Å². The number of likely N-dealkylation sites (N-methyl/N-ethyl adjacent to an activating group) is 1. The normalized spacial score (nSPS) is 16.2. The monoisotopic (exact) mass is 425 g/mol. The van der Waals surface area contributed by atoms with Crippen LogP contribution >= 0.6 is 0 Å². The average molecular weight is 426 g/mol. The Morgan fingerprint density at radius 3 is 2.69 bits per heavy atom. The summed E-state index contributed by atoms with van der Waals surface area (Å²) < 4.78 is 5.64.